The second-order valence-corrected chi connectivity index (χ2v) is 14.9. The molecule has 0 spiro atoms. The zero-order chi connectivity index (χ0) is 37.5. The minimum atomic E-state index is -4.76. The van der Waals surface area contributed by atoms with Crippen LogP contribution in [0.25, 0.3) is 0 Å². The highest BCUT2D eigenvalue weighted by atomic mass is 31.2. The lowest BCUT2D eigenvalue weighted by Gasteiger charge is -2.18. The van der Waals surface area contributed by atoms with Gasteiger partial charge in [0.05, 0.1) is 6.61 Å². The van der Waals surface area contributed by atoms with E-state index >= 15 is 0 Å². The van der Waals surface area contributed by atoms with Crippen molar-refractivity contribution in [2.24, 2.45) is 0 Å². The van der Waals surface area contributed by atoms with Crippen LogP contribution >= 0.6 is 7.82 Å². The molecular formula is C42H75O8P. The maximum absolute atomic E-state index is 12.4. The standard InChI is InChI=1S/C42H75O8P/c1-3-5-7-9-11-13-15-17-19-20-21-23-25-27-29-31-33-35-37-42(44)50-40(39-49-51(45,46)47)38-48-41(43)36-34-32-30-28-26-24-22-18-16-14-12-10-8-6-4-2/h6,8,10,12,14,16,18,22,40H,3-5,7,9,11,13,15,17,19-21,23-39H2,1-2H3,(H2,45,46,47)/b8-6+,12-10+,16-14+,22-18+/t40-/m1/s1. The number of rotatable bonds is 37. The quantitative estimate of drug-likeness (QED) is 0.0280. The topological polar surface area (TPSA) is 119 Å². The number of hydrogen-bond acceptors (Lipinski definition) is 6. The summed E-state index contributed by atoms with van der Waals surface area (Å²) in [6.07, 6.45) is 45.4. The van der Waals surface area contributed by atoms with Crippen LogP contribution in [0.4, 0.5) is 0 Å². The van der Waals surface area contributed by atoms with Gasteiger partial charge in [0.2, 0.25) is 0 Å². The number of ether oxygens (including phenoxy) is 2. The SMILES string of the molecule is CC/C=C/C=C/C=C/C=C/CCCCCCCC(=O)OC[C@H](COP(=O)(O)O)OC(=O)CCCCCCCCCCCCCCCCCCCC. The number of carbonyl (C=O) groups excluding carboxylic acids is 2. The Morgan fingerprint density at radius 2 is 0.941 bits per heavy atom. The first-order chi connectivity index (χ1) is 24.8. The Balaban J connectivity index is 3.94. The summed E-state index contributed by atoms with van der Waals surface area (Å²) in [5.74, 6) is -0.908. The van der Waals surface area contributed by atoms with Gasteiger partial charge in [0.1, 0.15) is 6.61 Å². The number of unbranched alkanes of at least 4 members (excludes halogenated alkanes) is 22. The van der Waals surface area contributed by atoms with Gasteiger partial charge in [0.25, 0.3) is 0 Å². The lowest BCUT2D eigenvalue weighted by Crippen LogP contribution is -2.29. The number of allylic oxidation sites excluding steroid dienone is 8. The van der Waals surface area contributed by atoms with Gasteiger partial charge in [0.15, 0.2) is 6.10 Å². The molecule has 0 aliphatic rings. The van der Waals surface area contributed by atoms with Crippen LogP contribution < -0.4 is 0 Å². The van der Waals surface area contributed by atoms with Gasteiger partial charge < -0.3 is 19.3 Å². The Labute approximate surface area is 312 Å². The number of phosphoric acid groups is 1. The molecule has 0 aliphatic carbocycles. The number of carbonyl (C=O) groups is 2. The van der Waals surface area contributed by atoms with Crippen molar-refractivity contribution in [3.05, 3.63) is 48.6 Å². The molecule has 296 valence electrons. The van der Waals surface area contributed by atoms with Gasteiger partial charge in [-0.15, -0.1) is 0 Å². The summed E-state index contributed by atoms with van der Waals surface area (Å²) in [4.78, 5) is 42.8. The van der Waals surface area contributed by atoms with Gasteiger partial charge in [-0.05, 0) is 32.1 Å². The fourth-order valence-electron chi connectivity index (χ4n) is 5.68. The first-order valence-electron chi connectivity index (χ1n) is 20.5. The van der Waals surface area contributed by atoms with Crippen molar-refractivity contribution in [1.82, 2.24) is 0 Å². The zero-order valence-electron chi connectivity index (χ0n) is 32.5. The molecule has 0 radical (unpaired) electrons. The Morgan fingerprint density at radius 1 is 0.529 bits per heavy atom. The summed E-state index contributed by atoms with van der Waals surface area (Å²) in [7, 11) is -4.76. The lowest BCUT2D eigenvalue weighted by atomic mass is 10.0. The van der Waals surface area contributed by atoms with Crippen LogP contribution in [0.5, 0.6) is 0 Å². The molecule has 51 heavy (non-hydrogen) atoms. The largest absolute Gasteiger partial charge is 0.469 e. The van der Waals surface area contributed by atoms with E-state index < -0.39 is 32.5 Å². The fourth-order valence-corrected chi connectivity index (χ4v) is 6.04. The summed E-state index contributed by atoms with van der Waals surface area (Å²) in [6, 6.07) is 0. The third kappa shape index (κ3) is 40.6. The van der Waals surface area contributed by atoms with Gasteiger partial charge in [-0.2, -0.15) is 0 Å². The van der Waals surface area contributed by atoms with Crippen molar-refractivity contribution in [1.29, 1.82) is 0 Å². The predicted octanol–water partition coefficient (Wildman–Crippen LogP) is 12.3. The molecule has 0 rings (SSSR count). The number of phosphoric ester groups is 1. The van der Waals surface area contributed by atoms with Gasteiger partial charge in [-0.1, -0.05) is 191 Å². The van der Waals surface area contributed by atoms with Crippen LogP contribution in [0.15, 0.2) is 48.6 Å². The van der Waals surface area contributed by atoms with Crippen molar-refractivity contribution < 1.29 is 37.9 Å². The van der Waals surface area contributed by atoms with Crippen molar-refractivity contribution in [3.8, 4) is 0 Å². The van der Waals surface area contributed by atoms with Crippen LogP contribution in [0.2, 0.25) is 0 Å². The molecule has 2 N–H and O–H groups in total. The van der Waals surface area contributed by atoms with Crippen molar-refractivity contribution in [3.63, 3.8) is 0 Å². The van der Waals surface area contributed by atoms with Gasteiger partial charge >= 0.3 is 19.8 Å². The molecule has 9 heteroatoms. The molecular weight excluding hydrogens is 663 g/mol. The van der Waals surface area contributed by atoms with Crippen molar-refractivity contribution >= 4 is 19.8 Å². The summed E-state index contributed by atoms with van der Waals surface area (Å²) < 4.78 is 26.4. The first-order valence-corrected chi connectivity index (χ1v) is 22.0. The molecule has 0 saturated heterocycles. The molecule has 0 heterocycles. The van der Waals surface area contributed by atoms with Crippen LogP contribution in [0, 0.1) is 0 Å². The predicted molar refractivity (Wildman–Crippen MR) is 211 cm³/mol. The summed E-state index contributed by atoms with van der Waals surface area (Å²) in [5.41, 5.74) is 0. The molecule has 1 atom stereocenters. The van der Waals surface area contributed by atoms with Crippen LogP contribution in [-0.2, 0) is 28.2 Å². The molecule has 0 aromatic carbocycles. The van der Waals surface area contributed by atoms with E-state index in [1.807, 2.05) is 30.4 Å². The van der Waals surface area contributed by atoms with Crippen LogP contribution in [-0.4, -0.2) is 41.0 Å². The van der Waals surface area contributed by atoms with E-state index in [9.17, 15) is 14.2 Å². The second-order valence-electron chi connectivity index (χ2n) is 13.7. The van der Waals surface area contributed by atoms with E-state index in [2.05, 4.69) is 36.6 Å². The van der Waals surface area contributed by atoms with Gasteiger partial charge in [0, 0.05) is 12.8 Å². The van der Waals surface area contributed by atoms with E-state index in [1.165, 1.54) is 89.9 Å². The Hall–Kier alpha value is -1.99. The molecule has 0 bridgehead atoms. The van der Waals surface area contributed by atoms with Crippen molar-refractivity contribution in [2.75, 3.05) is 13.2 Å². The second kappa shape index (κ2) is 37.8. The van der Waals surface area contributed by atoms with Crippen molar-refractivity contribution in [2.45, 2.75) is 193 Å². The van der Waals surface area contributed by atoms with E-state index in [0.29, 0.717) is 12.8 Å². The fraction of sp³-hybridized carbons (Fsp3) is 0.762. The molecule has 0 unspecified atom stereocenters. The highest BCUT2D eigenvalue weighted by Crippen LogP contribution is 2.36. The maximum Gasteiger partial charge on any atom is 0.469 e. The zero-order valence-corrected chi connectivity index (χ0v) is 33.4. The lowest BCUT2D eigenvalue weighted by molar-refractivity contribution is -0.161. The molecule has 0 saturated carbocycles. The number of esters is 2. The van der Waals surface area contributed by atoms with Crippen LogP contribution in [0.1, 0.15) is 187 Å². The third-order valence-electron chi connectivity index (χ3n) is 8.71. The summed E-state index contributed by atoms with van der Waals surface area (Å²) >= 11 is 0. The van der Waals surface area contributed by atoms with E-state index in [4.69, 9.17) is 19.3 Å². The smallest absolute Gasteiger partial charge is 0.462 e. The summed E-state index contributed by atoms with van der Waals surface area (Å²) in [5, 5.41) is 0. The molecule has 8 nitrogen and oxygen atoms in total. The van der Waals surface area contributed by atoms with Gasteiger partial charge in [-0.3, -0.25) is 14.1 Å². The minimum Gasteiger partial charge on any atom is -0.462 e. The molecule has 0 amide bonds. The third-order valence-corrected chi connectivity index (χ3v) is 9.19. The molecule has 0 aliphatic heterocycles. The number of hydrogen-bond donors (Lipinski definition) is 2. The van der Waals surface area contributed by atoms with Gasteiger partial charge in [-0.25, -0.2) is 4.57 Å². The molecule has 0 aromatic heterocycles. The monoisotopic (exact) mass is 739 g/mol. The van der Waals surface area contributed by atoms with Crippen LogP contribution in [0.3, 0.4) is 0 Å². The first kappa shape index (κ1) is 49.0. The minimum absolute atomic E-state index is 0.208. The highest BCUT2D eigenvalue weighted by molar-refractivity contribution is 7.46. The maximum atomic E-state index is 12.4. The van der Waals surface area contributed by atoms with E-state index in [-0.39, 0.29) is 19.4 Å². The van der Waals surface area contributed by atoms with E-state index in [0.717, 1.165) is 57.8 Å². The Kier molecular flexibility index (Phi) is 36.3. The summed E-state index contributed by atoms with van der Waals surface area (Å²) in [6.45, 7) is 3.54. The average molecular weight is 739 g/mol. The molecule has 0 aromatic rings. The Morgan fingerprint density at radius 3 is 1.41 bits per heavy atom. The highest BCUT2D eigenvalue weighted by Gasteiger charge is 2.22. The Bertz CT molecular complexity index is 968. The average Bonchev–Trinajstić information content (AvgIpc) is 3.10. The molecule has 0 fully saturated rings. The van der Waals surface area contributed by atoms with E-state index in [1.54, 1.807) is 0 Å². The normalized spacial score (nSPS) is 12.9.